The van der Waals surface area contributed by atoms with Crippen LogP contribution >= 0.6 is 15.9 Å². The third kappa shape index (κ3) is 2.35. The highest BCUT2D eigenvalue weighted by Gasteiger charge is 2.42. The molecule has 3 atom stereocenters. The second kappa shape index (κ2) is 5.60. The molecule has 2 fully saturated rings. The maximum Gasteiger partial charge on any atom is 0.143 e. The molecule has 3 rings (SSSR count). The van der Waals surface area contributed by atoms with Gasteiger partial charge in [-0.3, -0.25) is 9.48 Å². The van der Waals surface area contributed by atoms with Crippen LogP contribution in [0.3, 0.4) is 0 Å². The number of nitrogens with zero attached hydrogens (tertiary/aromatic N) is 2. The number of carbonyl (C=O) groups is 1. The third-order valence-corrected chi connectivity index (χ3v) is 5.66. The molecule has 0 saturated carbocycles. The van der Waals surface area contributed by atoms with E-state index >= 15 is 0 Å². The summed E-state index contributed by atoms with van der Waals surface area (Å²) in [5, 5.41) is 8.13. The minimum absolute atomic E-state index is 0.214. The summed E-state index contributed by atoms with van der Waals surface area (Å²) < 4.78 is 3.01. The summed E-state index contributed by atoms with van der Waals surface area (Å²) in [4.78, 5) is 12.6. The zero-order chi connectivity index (χ0) is 14.3. The second-order valence-corrected chi connectivity index (χ2v) is 6.70. The highest BCUT2D eigenvalue weighted by Crippen LogP contribution is 2.35. The van der Waals surface area contributed by atoms with Crippen LogP contribution < -0.4 is 5.32 Å². The molecular formula is C15H22BrN3O. The van der Waals surface area contributed by atoms with E-state index in [2.05, 4.69) is 40.2 Å². The number of aryl methyl sites for hydroxylation is 2. The number of hydrogen-bond acceptors (Lipinski definition) is 3. The lowest BCUT2D eigenvalue weighted by atomic mass is 9.84. The van der Waals surface area contributed by atoms with Gasteiger partial charge < -0.3 is 5.32 Å². The van der Waals surface area contributed by atoms with Crippen LogP contribution in [0.25, 0.3) is 0 Å². The maximum atomic E-state index is 12.6. The number of Topliss-reactive ketones (excluding diaryl/α,β-unsaturated/α-hetero) is 1. The van der Waals surface area contributed by atoms with Crippen molar-refractivity contribution >= 4 is 21.7 Å². The average molecular weight is 340 g/mol. The number of rotatable bonds is 5. The molecule has 0 aromatic carbocycles. The summed E-state index contributed by atoms with van der Waals surface area (Å²) in [7, 11) is 0. The summed E-state index contributed by atoms with van der Waals surface area (Å²) in [6.45, 7) is 4.99. The van der Waals surface area contributed by atoms with E-state index < -0.39 is 0 Å². The lowest BCUT2D eigenvalue weighted by Crippen LogP contribution is -2.30. The van der Waals surface area contributed by atoms with Gasteiger partial charge in [-0.15, -0.1) is 0 Å². The fourth-order valence-corrected chi connectivity index (χ4v) is 4.37. The number of fused-ring (bicyclic) bond motifs is 2. The maximum absolute atomic E-state index is 12.6. The van der Waals surface area contributed by atoms with Crippen molar-refractivity contribution < 1.29 is 4.79 Å². The van der Waals surface area contributed by atoms with Crippen molar-refractivity contribution in [3.05, 3.63) is 15.9 Å². The van der Waals surface area contributed by atoms with Gasteiger partial charge in [0.1, 0.15) is 5.78 Å². The van der Waals surface area contributed by atoms with Gasteiger partial charge in [0.05, 0.1) is 15.9 Å². The average Bonchev–Trinajstić information content (AvgIpc) is 3.14. The van der Waals surface area contributed by atoms with Gasteiger partial charge in [-0.25, -0.2) is 0 Å². The van der Waals surface area contributed by atoms with Crippen molar-refractivity contribution in [3.63, 3.8) is 0 Å². The Morgan fingerprint density at radius 1 is 1.45 bits per heavy atom. The smallest absolute Gasteiger partial charge is 0.143 e. The van der Waals surface area contributed by atoms with Gasteiger partial charge in [0, 0.05) is 31.0 Å². The Kier molecular flexibility index (Phi) is 4.00. The monoisotopic (exact) mass is 339 g/mol. The number of ketones is 1. The van der Waals surface area contributed by atoms with Gasteiger partial charge in [-0.05, 0) is 48.5 Å². The first-order chi connectivity index (χ1) is 9.63. The van der Waals surface area contributed by atoms with Crippen molar-refractivity contribution in [1.82, 2.24) is 15.1 Å². The summed E-state index contributed by atoms with van der Waals surface area (Å²) in [5.41, 5.74) is 2.11. The van der Waals surface area contributed by atoms with Crippen LogP contribution in [0.5, 0.6) is 0 Å². The Morgan fingerprint density at radius 3 is 2.80 bits per heavy atom. The molecule has 0 aliphatic carbocycles. The highest BCUT2D eigenvalue weighted by molar-refractivity contribution is 9.10. The van der Waals surface area contributed by atoms with E-state index in [-0.39, 0.29) is 5.92 Å². The first kappa shape index (κ1) is 14.3. The quantitative estimate of drug-likeness (QED) is 0.896. The van der Waals surface area contributed by atoms with Gasteiger partial charge in [-0.2, -0.15) is 5.10 Å². The van der Waals surface area contributed by atoms with Crippen molar-refractivity contribution in [1.29, 1.82) is 0 Å². The van der Waals surface area contributed by atoms with Crippen LogP contribution in [0.4, 0.5) is 0 Å². The Balaban J connectivity index is 1.77. The van der Waals surface area contributed by atoms with E-state index in [0.717, 1.165) is 41.7 Å². The van der Waals surface area contributed by atoms with E-state index in [4.69, 9.17) is 0 Å². The third-order valence-electron chi connectivity index (χ3n) is 4.75. The molecule has 1 N–H and O–H groups in total. The number of nitrogens with one attached hydrogen (secondary N) is 1. The topological polar surface area (TPSA) is 46.9 Å². The van der Waals surface area contributed by atoms with Crippen LogP contribution in [0.1, 0.15) is 44.5 Å². The van der Waals surface area contributed by atoms with Crippen molar-refractivity contribution in [2.45, 2.75) is 64.6 Å². The van der Waals surface area contributed by atoms with Gasteiger partial charge in [0.15, 0.2) is 0 Å². The van der Waals surface area contributed by atoms with Crippen LogP contribution in [0, 0.1) is 5.92 Å². The molecule has 3 unspecified atom stereocenters. The molecule has 0 amide bonds. The Hall–Kier alpha value is -0.680. The van der Waals surface area contributed by atoms with E-state index in [1.807, 2.05) is 4.68 Å². The zero-order valence-electron chi connectivity index (χ0n) is 12.2. The van der Waals surface area contributed by atoms with E-state index in [1.54, 1.807) is 0 Å². The van der Waals surface area contributed by atoms with Gasteiger partial charge >= 0.3 is 0 Å². The minimum atomic E-state index is 0.214. The Morgan fingerprint density at radius 2 is 2.25 bits per heavy atom. The summed E-state index contributed by atoms with van der Waals surface area (Å²) in [5.74, 6) is 0.591. The van der Waals surface area contributed by atoms with E-state index in [9.17, 15) is 4.79 Å². The van der Waals surface area contributed by atoms with Crippen molar-refractivity contribution in [3.8, 4) is 0 Å². The van der Waals surface area contributed by atoms with Gasteiger partial charge in [-0.1, -0.05) is 6.92 Å². The Labute approximate surface area is 128 Å². The van der Waals surface area contributed by atoms with Crippen LogP contribution in [-0.4, -0.2) is 27.6 Å². The number of halogens is 1. The summed E-state index contributed by atoms with van der Waals surface area (Å²) in [6, 6.07) is 1.01. The largest absolute Gasteiger partial charge is 0.310 e. The lowest BCUT2D eigenvalue weighted by molar-refractivity contribution is -0.122. The van der Waals surface area contributed by atoms with Crippen LogP contribution in [0.15, 0.2) is 4.47 Å². The van der Waals surface area contributed by atoms with Crippen LogP contribution in [-0.2, 0) is 24.2 Å². The molecule has 1 aromatic heterocycles. The SMILES string of the molecule is CCc1nn(CC)c(CC(=O)C2CC3CCC2N3)c1Br. The first-order valence-electron chi connectivity index (χ1n) is 7.66. The first-order valence-corrected chi connectivity index (χ1v) is 8.46. The molecule has 4 nitrogen and oxygen atoms in total. The zero-order valence-corrected chi connectivity index (χ0v) is 13.7. The lowest BCUT2D eigenvalue weighted by Gasteiger charge is -2.19. The minimum Gasteiger partial charge on any atom is -0.310 e. The molecule has 2 saturated heterocycles. The fourth-order valence-electron chi connectivity index (χ4n) is 3.66. The molecule has 20 heavy (non-hydrogen) atoms. The number of carbonyl (C=O) groups excluding carboxylic acids is 1. The van der Waals surface area contributed by atoms with Gasteiger partial charge in [0.2, 0.25) is 0 Å². The van der Waals surface area contributed by atoms with E-state index in [1.165, 1.54) is 6.42 Å². The van der Waals surface area contributed by atoms with Gasteiger partial charge in [0.25, 0.3) is 0 Å². The molecule has 5 heteroatoms. The van der Waals surface area contributed by atoms with Crippen molar-refractivity contribution in [2.75, 3.05) is 0 Å². The molecular weight excluding hydrogens is 318 g/mol. The molecule has 110 valence electrons. The number of hydrogen-bond donors (Lipinski definition) is 1. The molecule has 3 heterocycles. The Bertz CT molecular complexity index is 525. The second-order valence-electron chi connectivity index (χ2n) is 5.91. The predicted octanol–water partition coefficient (Wildman–Crippen LogP) is 2.48. The molecule has 2 aliphatic heterocycles. The normalized spacial score (nSPS) is 28.2. The molecule has 2 bridgehead atoms. The summed E-state index contributed by atoms with van der Waals surface area (Å²) in [6.07, 6.45) is 4.84. The fraction of sp³-hybridized carbons (Fsp3) is 0.733. The molecule has 2 aliphatic rings. The van der Waals surface area contributed by atoms with E-state index in [0.29, 0.717) is 24.3 Å². The highest BCUT2D eigenvalue weighted by atomic mass is 79.9. The molecule has 1 aromatic rings. The standard InChI is InChI=1S/C15H22BrN3O/c1-3-11-15(16)13(19(4-2)18-11)8-14(20)10-7-9-5-6-12(10)17-9/h9-10,12,17H,3-8H2,1-2H3. The predicted molar refractivity (Wildman–Crippen MR) is 81.7 cm³/mol. The molecule has 0 spiro atoms. The summed E-state index contributed by atoms with van der Waals surface area (Å²) >= 11 is 3.63. The van der Waals surface area contributed by atoms with Crippen LogP contribution in [0.2, 0.25) is 0 Å². The molecule has 0 radical (unpaired) electrons. The number of aromatic nitrogens is 2. The van der Waals surface area contributed by atoms with Crippen molar-refractivity contribution in [2.24, 2.45) is 5.92 Å².